The van der Waals surface area contributed by atoms with Crippen LogP contribution in [0, 0.1) is 12.7 Å². The van der Waals surface area contributed by atoms with Crippen molar-refractivity contribution in [1.29, 1.82) is 0 Å². The van der Waals surface area contributed by atoms with Gasteiger partial charge < -0.3 is 10.1 Å². The van der Waals surface area contributed by atoms with Gasteiger partial charge in [-0.2, -0.15) is 0 Å². The summed E-state index contributed by atoms with van der Waals surface area (Å²) in [6.07, 6.45) is -0.724. The van der Waals surface area contributed by atoms with Crippen molar-refractivity contribution in [2.75, 3.05) is 16.8 Å². The molecule has 2 heterocycles. The number of fused-ring (bicyclic) bond motifs is 1. The lowest BCUT2D eigenvalue weighted by atomic mass is 10.1. The van der Waals surface area contributed by atoms with Crippen molar-refractivity contribution in [3.8, 4) is 17.0 Å². The number of nitrogens with zero attached hydrogens (tertiary/aromatic N) is 2. The van der Waals surface area contributed by atoms with E-state index in [1.807, 2.05) is 18.4 Å². The zero-order chi connectivity index (χ0) is 21.4. The van der Waals surface area contributed by atoms with Crippen LogP contribution in [0.2, 0.25) is 5.02 Å². The van der Waals surface area contributed by atoms with Crippen LogP contribution in [0.25, 0.3) is 11.3 Å². The van der Waals surface area contributed by atoms with Gasteiger partial charge in [0.15, 0.2) is 6.10 Å². The zero-order valence-corrected chi connectivity index (χ0v) is 17.7. The quantitative estimate of drug-likeness (QED) is 0.633. The van der Waals surface area contributed by atoms with Crippen LogP contribution in [0.4, 0.5) is 15.8 Å². The summed E-state index contributed by atoms with van der Waals surface area (Å²) in [7, 11) is 0. The second-order valence-corrected chi connectivity index (χ2v) is 8.27. The average molecular weight is 446 g/mol. The third-order valence-corrected chi connectivity index (χ3v) is 5.65. The highest BCUT2D eigenvalue weighted by atomic mass is 35.5. The van der Waals surface area contributed by atoms with Crippen LogP contribution in [0.1, 0.15) is 11.9 Å². The molecular weight excluding hydrogens is 429 g/mol. The van der Waals surface area contributed by atoms with Gasteiger partial charge in [-0.05, 0) is 50.2 Å². The summed E-state index contributed by atoms with van der Waals surface area (Å²) < 4.78 is 19.0. The van der Waals surface area contributed by atoms with E-state index in [0.29, 0.717) is 17.1 Å². The Morgan fingerprint density at radius 1 is 1.33 bits per heavy atom. The summed E-state index contributed by atoms with van der Waals surface area (Å²) in [4.78, 5) is 31.2. The lowest BCUT2D eigenvalue weighted by molar-refractivity contribution is -0.127. The number of aromatic nitrogens is 1. The number of hydrogen-bond donors (Lipinski definition) is 1. The molecule has 0 fully saturated rings. The molecule has 0 radical (unpaired) electrons. The minimum Gasteiger partial charge on any atom is -0.479 e. The van der Waals surface area contributed by atoms with E-state index in [1.165, 1.54) is 28.4 Å². The van der Waals surface area contributed by atoms with Gasteiger partial charge in [0, 0.05) is 16.6 Å². The predicted molar refractivity (Wildman–Crippen MR) is 115 cm³/mol. The maximum absolute atomic E-state index is 13.3. The highest BCUT2D eigenvalue weighted by Crippen LogP contribution is 2.37. The van der Waals surface area contributed by atoms with Crippen molar-refractivity contribution >= 4 is 46.1 Å². The third-order valence-electron chi connectivity index (χ3n) is 4.59. The lowest BCUT2D eigenvalue weighted by Gasteiger charge is -2.32. The minimum atomic E-state index is -0.724. The standard InChI is InChI=1S/C21H17ClFN3O3S/c1-11-21(28)26(9-20(27)25-14-4-5-16(23)15(22)8-14)18-7-13(3-6-19(18)29-11)17-10-30-12(2)24-17/h3-8,10-11H,9H2,1-2H3,(H,25,27). The number of halogens is 2. The molecule has 9 heteroatoms. The fourth-order valence-corrected chi connectivity index (χ4v) is 3.95. The van der Waals surface area contributed by atoms with E-state index in [4.69, 9.17) is 16.3 Å². The van der Waals surface area contributed by atoms with Crippen molar-refractivity contribution in [2.45, 2.75) is 20.0 Å². The highest BCUT2D eigenvalue weighted by Gasteiger charge is 2.33. The number of carbonyl (C=O) groups is 2. The van der Waals surface area contributed by atoms with E-state index >= 15 is 0 Å². The van der Waals surface area contributed by atoms with Gasteiger partial charge in [-0.25, -0.2) is 9.37 Å². The van der Waals surface area contributed by atoms with Crippen molar-refractivity contribution in [1.82, 2.24) is 4.98 Å². The summed E-state index contributed by atoms with van der Waals surface area (Å²) in [6.45, 7) is 3.32. The number of nitrogens with one attached hydrogen (secondary N) is 1. The van der Waals surface area contributed by atoms with Crippen molar-refractivity contribution < 1.29 is 18.7 Å². The first kappa shape index (κ1) is 20.3. The fraction of sp³-hybridized carbons (Fsp3) is 0.190. The number of amides is 2. The SMILES string of the molecule is Cc1nc(-c2ccc3c(c2)N(CC(=O)Nc2ccc(F)c(Cl)c2)C(=O)C(C)O3)cs1. The number of anilines is 2. The number of aryl methyl sites for hydroxylation is 1. The normalized spacial score (nSPS) is 15.5. The summed E-state index contributed by atoms with van der Waals surface area (Å²) in [5.41, 5.74) is 2.44. The van der Waals surface area contributed by atoms with E-state index in [1.54, 1.807) is 19.1 Å². The first-order chi connectivity index (χ1) is 14.3. The van der Waals surface area contributed by atoms with Crippen LogP contribution >= 0.6 is 22.9 Å². The topological polar surface area (TPSA) is 71.5 Å². The van der Waals surface area contributed by atoms with Gasteiger partial charge in [-0.3, -0.25) is 14.5 Å². The van der Waals surface area contributed by atoms with Crippen LogP contribution in [0.5, 0.6) is 5.75 Å². The monoisotopic (exact) mass is 445 g/mol. The van der Waals surface area contributed by atoms with Gasteiger partial charge >= 0.3 is 0 Å². The Labute approximate surface area is 181 Å². The molecule has 1 aliphatic heterocycles. The van der Waals surface area contributed by atoms with Crippen LogP contribution < -0.4 is 15.0 Å². The summed E-state index contributed by atoms with van der Waals surface area (Å²) in [6, 6.07) is 9.31. The fourth-order valence-electron chi connectivity index (χ4n) is 3.14. The van der Waals surface area contributed by atoms with Crippen LogP contribution in [-0.2, 0) is 9.59 Å². The first-order valence-electron chi connectivity index (χ1n) is 9.11. The van der Waals surface area contributed by atoms with Gasteiger partial charge in [0.1, 0.15) is 18.1 Å². The van der Waals surface area contributed by atoms with E-state index < -0.39 is 17.8 Å². The van der Waals surface area contributed by atoms with E-state index in [0.717, 1.165) is 22.3 Å². The molecule has 2 aromatic carbocycles. The number of benzene rings is 2. The minimum absolute atomic E-state index is 0.0996. The maximum Gasteiger partial charge on any atom is 0.268 e. The molecule has 1 aromatic heterocycles. The Morgan fingerprint density at radius 3 is 2.83 bits per heavy atom. The highest BCUT2D eigenvalue weighted by molar-refractivity contribution is 7.09. The second kappa shape index (κ2) is 8.04. The Bertz CT molecular complexity index is 1150. The molecule has 1 unspecified atom stereocenters. The lowest BCUT2D eigenvalue weighted by Crippen LogP contribution is -2.47. The molecule has 30 heavy (non-hydrogen) atoms. The predicted octanol–water partition coefficient (Wildman–Crippen LogP) is 4.66. The van der Waals surface area contributed by atoms with Crippen LogP contribution in [-0.4, -0.2) is 29.4 Å². The molecule has 1 N–H and O–H groups in total. The van der Waals surface area contributed by atoms with Crippen LogP contribution in [0.15, 0.2) is 41.8 Å². The molecule has 1 atom stereocenters. The van der Waals surface area contributed by atoms with Gasteiger partial charge in [-0.15, -0.1) is 11.3 Å². The Hall–Kier alpha value is -2.97. The number of thiazole rings is 1. The van der Waals surface area contributed by atoms with Crippen LogP contribution in [0.3, 0.4) is 0 Å². The molecule has 1 aliphatic rings. The second-order valence-electron chi connectivity index (χ2n) is 6.80. The van der Waals surface area contributed by atoms with Gasteiger partial charge in [0.05, 0.1) is 21.4 Å². The molecular formula is C21H17ClFN3O3S. The molecule has 3 aromatic rings. The van der Waals surface area contributed by atoms with Crippen molar-refractivity contribution in [3.05, 3.63) is 57.6 Å². The number of ether oxygens (including phenoxy) is 1. The van der Waals surface area contributed by atoms with Gasteiger partial charge in [0.25, 0.3) is 5.91 Å². The average Bonchev–Trinajstić information content (AvgIpc) is 3.14. The summed E-state index contributed by atoms with van der Waals surface area (Å²) in [5, 5.41) is 5.40. The largest absolute Gasteiger partial charge is 0.479 e. The zero-order valence-electron chi connectivity index (χ0n) is 16.1. The first-order valence-corrected chi connectivity index (χ1v) is 10.4. The van der Waals surface area contributed by atoms with Crippen molar-refractivity contribution in [2.24, 2.45) is 0 Å². The smallest absolute Gasteiger partial charge is 0.268 e. The molecule has 2 amide bonds. The molecule has 154 valence electrons. The van der Waals surface area contributed by atoms with E-state index in [-0.39, 0.29) is 17.5 Å². The number of hydrogen-bond acceptors (Lipinski definition) is 5. The number of carbonyl (C=O) groups excluding carboxylic acids is 2. The van der Waals surface area contributed by atoms with Gasteiger partial charge in [-0.1, -0.05) is 11.6 Å². The molecule has 0 aliphatic carbocycles. The molecule has 0 spiro atoms. The summed E-state index contributed by atoms with van der Waals surface area (Å²) in [5.74, 6) is -0.844. The summed E-state index contributed by atoms with van der Waals surface area (Å²) >= 11 is 7.29. The molecule has 0 saturated carbocycles. The molecule has 0 saturated heterocycles. The van der Waals surface area contributed by atoms with E-state index in [9.17, 15) is 14.0 Å². The Kier molecular flexibility index (Phi) is 5.44. The van der Waals surface area contributed by atoms with Crippen molar-refractivity contribution in [3.63, 3.8) is 0 Å². The third kappa shape index (κ3) is 4.01. The maximum atomic E-state index is 13.3. The van der Waals surface area contributed by atoms with Gasteiger partial charge in [0.2, 0.25) is 5.91 Å². The molecule has 0 bridgehead atoms. The number of rotatable bonds is 4. The Balaban J connectivity index is 1.61. The molecule has 4 rings (SSSR count). The Morgan fingerprint density at radius 2 is 2.13 bits per heavy atom. The van der Waals surface area contributed by atoms with E-state index in [2.05, 4.69) is 10.3 Å². The molecule has 6 nitrogen and oxygen atoms in total.